The highest BCUT2D eigenvalue weighted by Gasteiger charge is 2.14. The highest BCUT2D eigenvalue weighted by molar-refractivity contribution is 7.19. The van der Waals surface area contributed by atoms with E-state index in [4.69, 9.17) is 14.2 Å². The molecule has 0 aliphatic carbocycles. The zero-order chi connectivity index (χ0) is 15.6. The second-order valence-electron chi connectivity index (χ2n) is 4.79. The average Bonchev–Trinajstić information content (AvgIpc) is 3.18. The van der Waals surface area contributed by atoms with Crippen molar-refractivity contribution in [3.63, 3.8) is 0 Å². The molecule has 2 heterocycles. The molecule has 0 spiro atoms. The van der Waals surface area contributed by atoms with Crippen LogP contribution in [0.25, 0.3) is 16.3 Å². The number of hydrogen-bond acceptors (Lipinski definition) is 6. The topological polar surface area (TPSA) is 57.7 Å². The summed E-state index contributed by atoms with van der Waals surface area (Å²) < 4.78 is 16.8. The van der Waals surface area contributed by atoms with Crippen molar-refractivity contribution in [3.8, 4) is 17.2 Å². The summed E-state index contributed by atoms with van der Waals surface area (Å²) in [6.45, 7) is 0.185. The van der Waals surface area contributed by atoms with Gasteiger partial charge in [-0.25, -0.2) is 9.78 Å². The van der Waals surface area contributed by atoms with E-state index < -0.39 is 5.97 Å². The molecule has 23 heavy (non-hydrogen) atoms. The number of esters is 1. The maximum Gasteiger partial charge on any atom is 0.336 e. The first-order valence-corrected chi connectivity index (χ1v) is 7.75. The molecule has 0 unspecified atom stereocenters. The van der Waals surface area contributed by atoms with E-state index in [-0.39, 0.29) is 6.79 Å². The van der Waals surface area contributed by atoms with Gasteiger partial charge in [-0.2, -0.15) is 0 Å². The number of aromatic nitrogens is 1. The normalized spacial score (nSPS) is 12.9. The first kappa shape index (κ1) is 13.8. The van der Waals surface area contributed by atoms with Gasteiger partial charge in [0.15, 0.2) is 11.5 Å². The summed E-state index contributed by atoms with van der Waals surface area (Å²) in [6, 6.07) is 12.8. The zero-order valence-corrected chi connectivity index (χ0v) is 12.7. The van der Waals surface area contributed by atoms with Crippen LogP contribution in [-0.2, 0) is 4.79 Å². The molecule has 0 bridgehead atoms. The number of fused-ring (bicyclic) bond motifs is 2. The fourth-order valence-electron chi connectivity index (χ4n) is 2.19. The van der Waals surface area contributed by atoms with Crippen LogP contribution in [0.15, 0.2) is 48.5 Å². The van der Waals surface area contributed by atoms with Gasteiger partial charge in [-0.1, -0.05) is 12.1 Å². The van der Waals surface area contributed by atoms with Crippen molar-refractivity contribution in [1.29, 1.82) is 0 Å². The van der Waals surface area contributed by atoms with Gasteiger partial charge in [0, 0.05) is 12.1 Å². The number of ether oxygens (including phenoxy) is 3. The summed E-state index contributed by atoms with van der Waals surface area (Å²) in [7, 11) is 0. The summed E-state index contributed by atoms with van der Waals surface area (Å²) >= 11 is 1.52. The third kappa shape index (κ3) is 2.89. The fourth-order valence-corrected chi connectivity index (χ4v) is 3.06. The molecule has 1 aliphatic heterocycles. The lowest BCUT2D eigenvalue weighted by Gasteiger charge is -2.02. The van der Waals surface area contributed by atoms with Crippen molar-refractivity contribution < 1.29 is 19.0 Å². The van der Waals surface area contributed by atoms with Crippen molar-refractivity contribution in [2.75, 3.05) is 6.79 Å². The van der Waals surface area contributed by atoms with E-state index in [9.17, 15) is 4.79 Å². The van der Waals surface area contributed by atoms with Crippen LogP contribution in [0.4, 0.5) is 0 Å². The Morgan fingerprint density at radius 2 is 2.04 bits per heavy atom. The van der Waals surface area contributed by atoms with Gasteiger partial charge < -0.3 is 14.2 Å². The van der Waals surface area contributed by atoms with Gasteiger partial charge in [0.05, 0.1) is 10.2 Å². The molecule has 2 aromatic carbocycles. The number of para-hydroxylation sites is 1. The Kier molecular flexibility index (Phi) is 3.44. The number of thiazole rings is 1. The van der Waals surface area contributed by atoms with Crippen molar-refractivity contribution in [2.24, 2.45) is 0 Å². The van der Waals surface area contributed by atoms with Gasteiger partial charge in [-0.15, -0.1) is 11.3 Å². The van der Waals surface area contributed by atoms with Gasteiger partial charge in [0.2, 0.25) is 6.79 Å². The van der Waals surface area contributed by atoms with Crippen LogP contribution in [0, 0.1) is 0 Å². The van der Waals surface area contributed by atoms with Gasteiger partial charge in [-0.05, 0) is 30.3 Å². The highest BCUT2D eigenvalue weighted by Crippen LogP contribution is 2.35. The maximum atomic E-state index is 11.9. The fraction of sp³-hybridized carbons (Fsp3) is 0.0588. The van der Waals surface area contributed by atoms with Gasteiger partial charge in [0.25, 0.3) is 0 Å². The van der Waals surface area contributed by atoms with E-state index >= 15 is 0 Å². The van der Waals surface area contributed by atoms with Crippen molar-refractivity contribution in [1.82, 2.24) is 4.98 Å². The molecular weight excluding hydrogens is 314 g/mol. The molecule has 5 nitrogen and oxygen atoms in total. The minimum absolute atomic E-state index is 0.185. The molecule has 1 aliphatic rings. The third-order valence-corrected chi connectivity index (χ3v) is 4.24. The monoisotopic (exact) mass is 325 g/mol. The second kappa shape index (κ2) is 5.73. The van der Waals surface area contributed by atoms with Crippen LogP contribution in [0.1, 0.15) is 5.01 Å². The number of hydrogen-bond donors (Lipinski definition) is 0. The molecule has 4 rings (SSSR count). The Balaban J connectivity index is 1.47. The molecule has 114 valence electrons. The summed E-state index contributed by atoms with van der Waals surface area (Å²) in [5.74, 6) is 1.16. The second-order valence-corrected chi connectivity index (χ2v) is 5.85. The van der Waals surface area contributed by atoms with E-state index in [0.717, 1.165) is 15.2 Å². The molecular formula is C17H11NO4S. The summed E-state index contributed by atoms with van der Waals surface area (Å²) in [4.78, 5) is 16.3. The molecule has 6 heteroatoms. The van der Waals surface area contributed by atoms with Crippen LogP contribution in [0.3, 0.4) is 0 Å². The van der Waals surface area contributed by atoms with Crippen molar-refractivity contribution in [3.05, 3.63) is 53.5 Å². The predicted molar refractivity (Wildman–Crippen MR) is 86.9 cm³/mol. The molecule has 0 fully saturated rings. The highest BCUT2D eigenvalue weighted by atomic mass is 32.1. The maximum absolute atomic E-state index is 11.9. The Bertz CT molecular complexity index is 883. The first-order valence-electron chi connectivity index (χ1n) is 6.93. The summed E-state index contributed by atoms with van der Waals surface area (Å²) in [5, 5.41) is 0.758. The number of rotatable bonds is 3. The van der Waals surface area contributed by atoms with E-state index in [0.29, 0.717) is 17.2 Å². The third-order valence-electron chi connectivity index (χ3n) is 3.23. The van der Waals surface area contributed by atoms with Crippen LogP contribution >= 0.6 is 11.3 Å². The predicted octanol–water partition coefficient (Wildman–Crippen LogP) is 3.64. The first-order chi connectivity index (χ1) is 11.3. The molecule has 0 saturated heterocycles. The number of nitrogens with zero attached hydrogens (tertiary/aromatic N) is 1. The molecule has 0 saturated carbocycles. The minimum Gasteiger partial charge on any atom is -0.454 e. The van der Waals surface area contributed by atoms with E-state index in [1.165, 1.54) is 17.4 Å². The summed E-state index contributed by atoms with van der Waals surface area (Å²) in [5.41, 5.74) is 0.918. The van der Waals surface area contributed by atoms with Crippen molar-refractivity contribution >= 4 is 33.6 Å². The molecule has 1 aromatic heterocycles. The average molecular weight is 325 g/mol. The lowest BCUT2D eigenvalue weighted by atomic mass is 10.3. The van der Waals surface area contributed by atoms with Gasteiger partial charge in [0.1, 0.15) is 10.8 Å². The largest absolute Gasteiger partial charge is 0.454 e. The van der Waals surface area contributed by atoms with Crippen LogP contribution in [0.2, 0.25) is 0 Å². The number of carbonyl (C=O) groups is 1. The SMILES string of the molecule is O=C(/C=C/c1nc2ccccc2s1)Oc1ccc2c(c1)OCO2. The Morgan fingerprint density at radius 1 is 1.17 bits per heavy atom. The molecule has 0 amide bonds. The van der Waals surface area contributed by atoms with E-state index in [1.807, 2.05) is 24.3 Å². The Morgan fingerprint density at radius 3 is 2.96 bits per heavy atom. The molecule has 0 atom stereocenters. The lowest BCUT2D eigenvalue weighted by molar-refractivity contribution is -0.128. The summed E-state index contributed by atoms with van der Waals surface area (Å²) in [6.07, 6.45) is 3.02. The number of carbonyl (C=O) groups excluding carboxylic acids is 1. The van der Waals surface area contributed by atoms with Crippen LogP contribution in [0.5, 0.6) is 17.2 Å². The molecule has 0 radical (unpaired) electrons. The van der Waals surface area contributed by atoms with Gasteiger partial charge >= 0.3 is 5.97 Å². The van der Waals surface area contributed by atoms with Crippen LogP contribution in [-0.4, -0.2) is 17.7 Å². The van der Waals surface area contributed by atoms with Crippen LogP contribution < -0.4 is 14.2 Å². The van der Waals surface area contributed by atoms with E-state index in [1.54, 1.807) is 24.3 Å². The van der Waals surface area contributed by atoms with Crippen molar-refractivity contribution in [2.45, 2.75) is 0 Å². The number of benzene rings is 2. The van der Waals surface area contributed by atoms with E-state index in [2.05, 4.69) is 4.98 Å². The molecule has 0 N–H and O–H groups in total. The zero-order valence-electron chi connectivity index (χ0n) is 11.9. The molecule has 3 aromatic rings. The quantitative estimate of drug-likeness (QED) is 0.418. The smallest absolute Gasteiger partial charge is 0.336 e. The standard InChI is InChI=1S/C17H11NO4S/c19-17(22-11-5-6-13-14(9-11)21-10-20-13)8-7-16-18-12-3-1-2-4-15(12)23-16/h1-9H,10H2/b8-7+. The van der Waals surface area contributed by atoms with Gasteiger partial charge in [-0.3, -0.25) is 0 Å². The Hall–Kier alpha value is -2.86. The Labute approximate surface area is 135 Å². The lowest BCUT2D eigenvalue weighted by Crippen LogP contribution is -2.03. The minimum atomic E-state index is -0.469.